The van der Waals surface area contributed by atoms with E-state index >= 15 is 0 Å². The van der Waals surface area contributed by atoms with Crippen molar-refractivity contribution in [3.05, 3.63) is 17.5 Å². The molecule has 100 valence electrons. The molecule has 1 aromatic rings. The van der Waals surface area contributed by atoms with Gasteiger partial charge in [-0.05, 0) is 19.4 Å². The van der Waals surface area contributed by atoms with E-state index in [1.807, 2.05) is 0 Å². The van der Waals surface area contributed by atoms with Crippen LogP contribution in [0.25, 0.3) is 0 Å². The molecule has 1 aliphatic rings. The number of aromatic nitrogens is 2. The van der Waals surface area contributed by atoms with Crippen molar-refractivity contribution in [1.29, 1.82) is 0 Å². The minimum atomic E-state index is -4.48. The van der Waals surface area contributed by atoms with E-state index in [-0.39, 0.29) is 17.5 Å². The van der Waals surface area contributed by atoms with Crippen molar-refractivity contribution in [2.24, 2.45) is 0 Å². The highest BCUT2D eigenvalue weighted by atomic mass is 19.4. The average Bonchev–Trinajstić information content (AvgIpc) is 2.38. The molecule has 0 aliphatic carbocycles. The zero-order valence-corrected chi connectivity index (χ0v) is 9.92. The Labute approximate surface area is 103 Å². The van der Waals surface area contributed by atoms with E-state index in [1.165, 1.54) is 13.3 Å². The molecular weight excluding hydrogens is 247 g/mol. The molecule has 0 radical (unpaired) electrons. The number of nitrogens with zero attached hydrogens (tertiary/aromatic N) is 2. The number of hydrogen-bond acceptors (Lipinski definition) is 4. The molecule has 4 nitrogen and oxygen atoms in total. The molecule has 1 N–H and O–H groups in total. The van der Waals surface area contributed by atoms with E-state index in [2.05, 4.69) is 20.0 Å². The van der Waals surface area contributed by atoms with Gasteiger partial charge in [-0.2, -0.15) is 18.2 Å². The molecule has 0 bridgehead atoms. The second-order valence-corrected chi connectivity index (χ2v) is 4.20. The van der Waals surface area contributed by atoms with Crippen molar-refractivity contribution < 1.29 is 17.9 Å². The van der Waals surface area contributed by atoms with Crippen LogP contribution in [0.2, 0.25) is 0 Å². The van der Waals surface area contributed by atoms with Gasteiger partial charge >= 0.3 is 12.2 Å². The Morgan fingerprint density at radius 2 is 2.22 bits per heavy atom. The maximum absolute atomic E-state index is 13.0. The maximum atomic E-state index is 13.0. The monoisotopic (exact) mass is 261 g/mol. The van der Waals surface area contributed by atoms with Crippen LogP contribution in [0.4, 0.5) is 13.2 Å². The number of piperidine rings is 1. The summed E-state index contributed by atoms with van der Waals surface area (Å²) in [6.45, 7) is 1.37. The molecule has 1 fully saturated rings. The smallest absolute Gasteiger partial charge is 0.433 e. The molecule has 1 saturated heterocycles. The van der Waals surface area contributed by atoms with Gasteiger partial charge in [-0.1, -0.05) is 0 Å². The Balaban J connectivity index is 2.38. The third-order valence-corrected chi connectivity index (χ3v) is 2.98. The molecule has 2 heterocycles. The summed E-state index contributed by atoms with van der Waals surface area (Å²) in [6.07, 6.45) is -1.69. The first-order valence-corrected chi connectivity index (χ1v) is 5.71. The Kier molecular flexibility index (Phi) is 3.70. The number of methoxy groups -OCH3 is 1. The molecule has 0 spiro atoms. The summed E-state index contributed by atoms with van der Waals surface area (Å²) in [5, 5.41) is 3.09. The fraction of sp³-hybridized carbons (Fsp3) is 0.636. The Morgan fingerprint density at radius 3 is 2.78 bits per heavy atom. The van der Waals surface area contributed by atoms with E-state index < -0.39 is 11.9 Å². The van der Waals surface area contributed by atoms with E-state index in [0.29, 0.717) is 13.0 Å². The predicted octanol–water partition coefficient (Wildman–Crippen LogP) is 1.97. The van der Waals surface area contributed by atoms with Crippen molar-refractivity contribution in [3.8, 4) is 6.01 Å². The SMILES string of the molecule is COc1ncc(C2CCCNC2)c(C(F)(F)F)n1. The van der Waals surface area contributed by atoms with Crippen molar-refractivity contribution in [2.75, 3.05) is 20.2 Å². The highest BCUT2D eigenvalue weighted by molar-refractivity contribution is 5.26. The fourth-order valence-corrected chi connectivity index (χ4v) is 2.12. The molecule has 1 unspecified atom stereocenters. The number of halogens is 3. The largest absolute Gasteiger partial charge is 0.467 e. The van der Waals surface area contributed by atoms with Crippen LogP contribution in [0.1, 0.15) is 30.0 Å². The van der Waals surface area contributed by atoms with Gasteiger partial charge in [0.05, 0.1) is 7.11 Å². The van der Waals surface area contributed by atoms with E-state index in [9.17, 15) is 13.2 Å². The number of ether oxygens (including phenoxy) is 1. The summed E-state index contributed by atoms with van der Waals surface area (Å²) < 4.78 is 43.5. The second kappa shape index (κ2) is 5.09. The Morgan fingerprint density at radius 1 is 1.44 bits per heavy atom. The highest BCUT2D eigenvalue weighted by Gasteiger charge is 2.38. The second-order valence-electron chi connectivity index (χ2n) is 4.20. The van der Waals surface area contributed by atoms with Crippen LogP contribution >= 0.6 is 0 Å². The van der Waals surface area contributed by atoms with Gasteiger partial charge in [0.25, 0.3) is 0 Å². The van der Waals surface area contributed by atoms with E-state index in [1.54, 1.807) is 0 Å². The third kappa shape index (κ3) is 2.72. The average molecular weight is 261 g/mol. The molecule has 0 aromatic carbocycles. The van der Waals surface area contributed by atoms with Gasteiger partial charge in [-0.15, -0.1) is 0 Å². The first-order valence-electron chi connectivity index (χ1n) is 5.71. The molecule has 2 rings (SSSR count). The Bertz CT molecular complexity index is 416. The third-order valence-electron chi connectivity index (χ3n) is 2.98. The fourth-order valence-electron chi connectivity index (χ4n) is 2.12. The van der Waals surface area contributed by atoms with Gasteiger partial charge in [0, 0.05) is 24.2 Å². The van der Waals surface area contributed by atoms with Gasteiger partial charge in [0.1, 0.15) is 0 Å². The molecule has 1 aromatic heterocycles. The summed E-state index contributed by atoms with van der Waals surface area (Å²) in [5.74, 6) is -0.193. The normalized spacial score (nSPS) is 20.8. The van der Waals surface area contributed by atoms with Crippen molar-refractivity contribution in [2.45, 2.75) is 24.9 Å². The minimum absolute atomic E-state index is 0.149. The standard InChI is InChI=1S/C11H14F3N3O/c1-18-10-16-6-8(7-3-2-4-15-5-7)9(17-10)11(12,13)14/h6-7,15H,2-5H2,1H3. The topological polar surface area (TPSA) is 47.0 Å². The number of nitrogens with one attached hydrogen (secondary N) is 1. The molecule has 0 amide bonds. The molecule has 1 aliphatic heterocycles. The summed E-state index contributed by atoms with van der Waals surface area (Å²) in [7, 11) is 1.25. The van der Waals surface area contributed by atoms with Gasteiger partial charge in [0.15, 0.2) is 5.69 Å². The number of alkyl halides is 3. The van der Waals surface area contributed by atoms with Crippen LogP contribution in [0, 0.1) is 0 Å². The van der Waals surface area contributed by atoms with Crippen LogP contribution in [0.5, 0.6) is 6.01 Å². The summed E-state index contributed by atoms with van der Waals surface area (Å²) >= 11 is 0. The van der Waals surface area contributed by atoms with Gasteiger partial charge in [0.2, 0.25) is 0 Å². The van der Waals surface area contributed by atoms with Crippen LogP contribution in [0.15, 0.2) is 6.20 Å². The zero-order valence-electron chi connectivity index (χ0n) is 9.92. The zero-order chi connectivity index (χ0) is 13.2. The maximum Gasteiger partial charge on any atom is 0.433 e. The molecule has 7 heteroatoms. The van der Waals surface area contributed by atoms with Gasteiger partial charge < -0.3 is 10.1 Å². The van der Waals surface area contributed by atoms with Crippen molar-refractivity contribution >= 4 is 0 Å². The molecule has 1 atom stereocenters. The number of rotatable bonds is 2. The number of hydrogen-bond donors (Lipinski definition) is 1. The van der Waals surface area contributed by atoms with Crippen LogP contribution in [-0.2, 0) is 6.18 Å². The highest BCUT2D eigenvalue weighted by Crippen LogP contribution is 2.36. The quantitative estimate of drug-likeness (QED) is 0.884. The first-order chi connectivity index (χ1) is 8.52. The first kappa shape index (κ1) is 13.1. The lowest BCUT2D eigenvalue weighted by atomic mass is 9.91. The summed E-state index contributed by atoms with van der Waals surface area (Å²) in [5.41, 5.74) is -0.737. The lowest BCUT2D eigenvalue weighted by Crippen LogP contribution is -2.30. The molecular formula is C11H14F3N3O. The minimum Gasteiger partial charge on any atom is -0.467 e. The van der Waals surface area contributed by atoms with Crippen molar-refractivity contribution in [1.82, 2.24) is 15.3 Å². The van der Waals surface area contributed by atoms with E-state index in [0.717, 1.165) is 13.0 Å². The van der Waals surface area contributed by atoms with E-state index in [4.69, 9.17) is 0 Å². The van der Waals surface area contributed by atoms with Crippen molar-refractivity contribution in [3.63, 3.8) is 0 Å². The van der Waals surface area contributed by atoms with Crippen LogP contribution in [0.3, 0.4) is 0 Å². The predicted molar refractivity (Wildman–Crippen MR) is 58.4 cm³/mol. The summed E-state index contributed by atoms with van der Waals surface area (Å²) in [6, 6.07) is -0.255. The Hall–Kier alpha value is -1.37. The van der Waals surface area contributed by atoms with Gasteiger partial charge in [-0.25, -0.2) is 4.98 Å². The lowest BCUT2D eigenvalue weighted by Gasteiger charge is -2.25. The van der Waals surface area contributed by atoms with Crippen LogP contribution in [-0.4, -0.2) is 30.2 Å². The molecule has 18 heavy (non-hydrogen) atoms. The lowest BCUT2D eigenvalue weighted by molar-refractivity contribution is -0.142. The molecule has 0 saturated carbocycles. The summed E-state index contributed by atoms with van der Waals surface area (Å²) in [4.78, 5) is 7.24. The van der Waals surface area contributed by atoms with Gasteiger partial charge in [-0.3, -0.25) is 0 Å². The van der Waals surface area contributed by atoms with Crippen LogP contribution < -0.4 is 10.1 Å².